The van der Waals surface area contributed by atoms with Crippen LogP contribution in [0.5, 0.6) is 5.88 Å². The third kappa shape index (κ3) is 3.11. The van der Waals surface area contributed by atoms with Gasteiger partial charge < -0.3 is 4.74 Å². The molecular formula is C13H18ClNO. The van der Waals surface area contributed by atoms with Crippen LogP contribution in [-0.4, -0.2) is 11.1 Å². The van der Waals surface area contributed by atoms with Crippen molar-refractivity contribution in [2.24, 2.45) is 5.92 Å². The van der Waals surface area contributed by atoms with E-state index in [-0.39, 0.29) is 0 Å². The van der Waals surface area contributed by atoms with Crippen molar-refractivity contribution in [3.05, 3.63) is 23.9 Å². The molecule has 1 aromatic rings. The molecule has 0 unspecified atom stereocenters. The molecule has 1 aliphatic rings. The van der Waals surface area contributed by atoms with E-state index in [1.54, 1.807) is 6.20 Å². The fraction of sp³-hybridized carbons (Fsp3) is 0.615. The van der Waals surface area contributed by atoms with E-state index in [2.05, 4.69) is 11.9 Å². The summed E-state index contributed by atoms with van der Waals surface area (Å²) >= 11 is 5.71. The third-order valence-corrected chi connectivity index (χ3v) is 3.51. The molecule has 16 heavy (non-hydrogen) atoms. The number of hydrogen-bond acceptors (Lipinski definition) is 2. The Bertz CT molecular complexity index is 317. The van der Waals surface area contributed by atoms with E-state index in [1.165, 1.54) is 12.8 Å². The number of nitrogens with zero attached hydrogens (tertiary/aromatic N) is 1. The molecule has 2 nitrogen and oxygen atoms in total. The van der Waals surface area contributed by atoms with Crippen molar-refractivity contribution in [3.8, 4) is 5.88 Å². The summed E-state index contributed by atoms with van der Waals surface area (Å²) in [6.45, 7) is 2.31. The zero-order valence-electron chi connectivity index (χ0n) is 9.66. The average Bonchev–Trinajstić information content (AvgIpc) is 2.33. The van der Waals surface area contributed by atoms with Gasteiger partial charge in [0.1, 0.15) is 6.10 Å². The zero-order valence-corrected chi connectivity index (χ0v) is 10.4. The molecule has 1 aromatic heterocycles. The lowest BCUT2D eigenvalue weighted by atomic mass is 9.89. The predicted molar refractivity (Wildman–Crippen MR) is 65.8 cm³/mol. The van der Waals surface area contributed by atoms with Gasteiger partial charge in [0, 0.05) is 18.1 Å². The third-order valence-electron chi connectivity index (χ3n) is 3.20. The van der Waals surface area contributed by atoms with Crippen LogP contribution in [0.4, 0.5) is 0 Å². The molecule has 1 heterocycles. The number of pyridine rings is 1. The maximum absolute atomic E-state index is 5.85. The van der Waals surface area contributed by atoms with E-state index in [1.807, 2.05) is 12.1 Å². The molecule has 0 radical (unpaired) electrons. The number of halogens is 1. The number of ether oxygens (including phenoxy) is 1. The van der Waals surface area contributed by atoms with Crippen molar-refractivity contribution in [2.45, 2.75) is 44.6 Å². The van der Waals surface area contributed by atoms with Gasteiger partial charge in [-0.1, -0.05) is 13.0 Å². The van der Waals surface area contributed by atoms with Crippen LogP contribution < -0.4 is 4.74 Å². The predicted octanol–water partition coefficient (Wildman–Crippen LogP) is 3.78. The Labute approximate surface area is 102 Å². The first-order valence-corrected chi connectivity index (χ1v) is 6.49. The lowest BCUT2D eigenvalue weighted by Crippen LogP contribution is -2.23. The molecular weight excluding hydrogens is 222 g/mol. The van der Waals surface area contributed by atoms with Crippen LogP contribution in [0.1, 0.15) is 38.2 Å². The monoisotopic (exact) mass is 239 g/mol. The summed E-state index contributed by atoms with van der Waals surface area (Å²) in [7, 11) is 0. The first-order valence-electron chi connectivity index (χ1n) is 5.95. The SMILES string of the molecule is CC1CCC(Oc2ccc(CCl)cn2)CC1. The van der Waals surface area contributed by atoms with E-state index >= 15 is 0 Å². The highest BCUT2D eigenvalue weighted by atomic mass is 35.5. The Balaban J connectivity index is 1.88. The lowest BCUT2D eigenvalue weighted by molar-refractivity contribution is 0.130. The van der Waals surface area contributed by atoms with Crippen LogP contribution in [0.15, 0.2) is 18.3 Å². The fourth-order valence-electron chi connectivity index (χ4n) is 2.08. The van der Waals surface area contributed by atoms with Gasteiger partial charge >= 0.3 is 0 Å². The molecule has 0 spiro atoms. The maximum atomic E-state index is 5.85. The number of hydrogen-bond donors (Lipinski definition) is 0. The van der Waals surface area contributed by atoms with Crippen LogP contribution in [-0.2, 0) is 5.88 Å². The Morgan fingerprint density at radius 3 is 2.62 bits per heavy atom. The summed E-state index contributed by atoms with van der Waals surface area (Å²) in [5.74, 6) is 2.09. The minimum atomic E-state index is 0.352. The normalized spacial score (nSPS) is 25.4. The first kappa shape index (κ1) is 11.7. The molecule has 0 saturated heterocycles. The van der Waals surface area contributed by atoms with Crippen molar-refractivity contribution in [1.82, 2.24) is 4.98 Å². The molecule has 0 amide bonds. The van der Waals surface area contributed by atoms with Gasteiger partial charge in [0.2, 0.25) is 5.88 Å². The second kappa shape index (κ2) is 5.53. The summed E-state index contributed by atoms with van der Waals surface area (Å²) in [6, 6.07) is 3.89. The Morgan fingerprint density at radius 1 is 1.31 bits per heavy atom. The van der Waals surface area contributed by atoms with E-state index in [0.717, 1.165) is 30.2 Å². The van der Waals surface area contributed by atoms with Crippen molar-refractivity contribution in [3.63, 3.8) is 0 Å². The van der Waals surface area contributed by atoms with Gasteiger partial charge in [-0.2, -0.15) is 0 Å². The van der Waals surface area contributed by atoms with Crippen LogP contribution in [0.3, 0.4) is 0 Å². The zero-order chi connectivity index (χ0) is 11.4. The minimum absolute atomic E-state index is 0.352. The van der Waals surface area contributed by atoms with Crippen LogP contribution in [0.25, 0.3) is 0 Å². The van der Waals surface area contributed by atoms with Gasteiger partial charge in [0.25, 0.3) is 0 Å². The van der Waals surface area contributed by atoms with Crippen LogP contribution in [0, 0.1) is 5.92 Å². The van der Waals surface area contributed by atoms with Crippen molar-refractivity contribution < 1.29 is 4.74 Å². The second-order valence-electron chi connectivity index (χ2n) is 4.64. The fourth-order valence-corrected chi connectivity index (χ4v) is 2.24. The Morgan fingerprint density at radius 2 is 2.06 bits per heavy atom. The summed E-state index contributed by atoms with van der Waals surface area (Å²) in [5.41, 5.74) is 1.03. The molecule has 0 atom stereocenters. The maximum Gasteiger partial charge on any atom is 0.213 e. The summed E-state index contributed by atoms with van der Waals surface area (Å²) in [5, 5.41) is 0. The number of rotatable bonds is 3. The topological polar surface area (TPSA) is 22.1 Å². The molecule has 1 saturated carbocycles. The molecule has 0 N–H and O–H groups in total. The lowest BCUT2D eigenvalue weighted by Gasteiger charge is -2.26. The highest BCUT2D eigenvalue weighted by Gasteiger charge is 2.19. The molecule has 2 rings (SSSR count). The molecule has 0 aliphatic heterocycles. The Hall–Kier alpha value is -0.760. The molecule has 0 bridgehead atoms. The van der Waals surface area contributed by atoms with Gasteiger partial charge in [0.15, 0.2) is 0 Å². The van der Waals surface area contributed by atoms with Crippen LogP contribution >= 0.6 is 11.6 Å². The average molecular weight is 240 g/mol. The molecule has 1 fully saturated rings. The smallest absolute Gasteiger partial charge is 0.213 e. The number of aromatic nitrogens is 1. The van der Waals surface area contributed by atoms with E-state index in [0.29, 0.717) is 12.0 Å². The highest BCUT2D eigenvalue weighted by Crippen LogP contribution is 2.26. The second-order valence-corrected chi connectivity index (χ2v) is 4.91. The molecule has 88 valence electrons. The molecule has 0 aromatic carbocycles. The first-order chi connectivity index (χ1) is 7.78. The summed E-state index contributed by atoms with van der Waals surface area (Å²) < 4.78 is 5.85. The van der Waals surface area contributed by atoms with E-state index in [4.69, 9.17) is 16.3 Å². The van der Waals surface area contributed by atoms with Crippen LogP contribution in [0.2, 0.25) is 0 Å². The van der Waals surface area contributed by atoms with Crippen molar-refractivity contribution in [1.29, 1.82) is 0 Å². The largest absolute Gasteiger partial charge is 0.474 e. The van der Waals surface area contributed by atoms with E-state index in [9.17, 15) is 0 Å². The molecule has 1 aliphatic carbocycles. The van der Waals surface area contributed by atoms with Gasteiger partial charge in [-0.05, 0) is 37.2 Å². The minimum Gasteiger partial charge on any atom is -0.474 e. The standard InChI is InChI=1S/C13H18ClNO/c1-10-2-5-12(6-3-10)16-13-7-4-11(8-14)9-15-13/h4,7,9-10,12H,2-3,5-6,8H2,1H3. The van der Waals surface area contributed by atoms with Gasteiger partial charge in [0.05, 0.1) is 0 Å². The van der Waals surface area contributed by atoms with Gasteiger partial charge in [-0.25, -0.2) is 4.98 Å². The van der Waals surface area contributed by atoms with E-state index < -0.39 is 0 Å². The van der Waals surface area contributed by atoms with Crippen molar-refractivity contribution >= 4 is 11.6 Å². The van der Waals surface area contributed by atoms with Gasteiger partial charge in [-0.15, -0.1) is 11.6 Å². The van der Waals surface area contributed by atoms with Crippen molar-refractivity contribution in [2.75, 3.05) is 0 Å². The van der Waals surface area contributed by atoms with Gasteiger partial charge in [-0.3, -0.25) is 0 Å². The number of alkyl halides is 1. The quantitative estimate of drug-likeness (QED) is 0.749. The molecule has 3 heteroatoms. The Kier molecular flexibility index (Phi) is 4.05. The summed E-state index contributed by atoms with van der Waals surface area (Å²) in [4.78, 5) is 4.26. The summed E-state index contributed by atoms with van der Waals surface area (Å²) in [6.07, 6.45) is 6.98. The highest BCUT2D eigenvalue weighted by molar-refractivity contribution is 6.17.